The summed E-state index contributed by atoms with van der Waals surface area (Å²) in [6, 6.07) is 13.8. The van der Waals surface area contributed by atoms with E-state index >= 15 is 0 Å². The summed E-state index contributed by atoms with van der Waals surface area (Å²) >= 11 is 0. The highest BCUT2D eigenvalue weighted by Gasteiger charge is 2.38. The van der Waals surface area contributed by atoms with Crippen LogP contribution in [-0.2, 0) is 11.2 Å². The first-order valence-electron chi connectivity index (χ1n) is 13.7. The molecule has 7 heteroatoms. The monoisotopic (exact) mass is 505 g/mol. The number of hydrogen-bond donors (Lipinski definition) is 1. The first kappa shape index (κ1) is 25.6. The van der Waals surface area contributed by atoms with E-state index in [4.69, 9.17) is 9.47 Å². The van der Waals surface area contributed by atoms with Gasteiger partial charge in [0.2, 0.25) is 5.91 Å². The van der Waals surface area contributed by atoms with Gasteiger partial charge in [-0.25, -0.2) is 0 Å². The van der Waals surface area contributed by atoms with Crippen LogP contribution in [0.1, 0.15) is 66.1 Å². The molecule has 1 aliphatic heterocycles. The van der Waals surface area contributed by atoms with E-state index in [0.29, 0.717) is 49.2 Å². The lowest BCUT2D eigenvalue weighted by Gasteiger charge is -2.41. The van der Waals surface area contributed by atoms with Gasteiger partial charge in [-0.1, -0.05) is 37.1 Å². The van der Waals surface area contributed by atoms with Gasteiger partial charge in [-0.05, 0) is 61.3 Å². The Balaban J connectivity index is 1.27. The molecule has 0 aromatic heterocycles. The highest BCUT2D eigenvalue weighted by atomic mass is 16.5. The molecule has 2 fully saturated rings. The van der Waals surface area contributed by atoms with Crippen LogP contribution >= 0.6 is 0 Å². The van der Waals surface area contributed by atoms with E-state index < -0.39 is 0 Å². The largest absolute Gasteiger partial charge is 0.497 e. The van der Waals surface area contributed by atoms with Crippen LogP contribution in [0.5, 0.6) is 11.5 Å². The molecule has 2 aromatic rings. The quantitative estimate of drug-likeness (QED) is 0.610. The Morgan fingerprint density at radius 1 is 0.892 bits per heavy atom. The van der Waals surface area contributed by atoms with E-state index in [1.807, 2.05) is 4.90 Å². The Kier molecular flexibility index (Phi) is 7.99. The zero-order valence-electron chi connectivity index (χ0n) is 22.1. The summed E-state index contributed by atoms with van der Waals surface area (Å²) in [5, 5.41) is 3.45. The number of carbonyl (C=O) groups is 2. The SMILES string of the molecule is COc1cc(OC)cc(C(=O)N2CCN([C@H](C(=O)N[C@@H]3CCCc4ccccc43)C3CCCC3)CC2)c1. The van der Waals surface area contributed by atoms with Gasteiger partial charge in [-0.2, -0.15) is 0 Å². The van der Waals surface area contributed by atoms with Crippen LogP contribution in [0.15, 0.2) is 42.5 Å². The number of fused-ring (bicyclic) bond motifs is 1. The minimum atomic E-state index is -0.134. The third-order valence-corrected chi connectivity index (χ3v) is 8.39. The average molecular weight is 506 g/mol. The molecule has 198 valence electrons. The van der Waals surface area contributed by atoms with Crippen molar-refractivity contribution in [2.24, 2.45) is 5.92 Å². The lowest BCUT2D eigenvalue weighted by Crippen LogP contribution is -2.58. The number of nitrogens with zero attached hydrogens (tertiary/aromatic N) is 2. The topological polar surface area (TPSA) is 71.1 Å². The van der Waals surface area contributed by atoms with Crippen LogP contribution in [0.3, 0.4) is 0 Å². The summed E-state index contributed by atoms with van der Waals surface area (Å²) in [5.41, 5.74) is 3.19. The van der Waals surface area contributed by atoms with Crippen LogP contribution in [0.25, 0.3) is 0 Å². The molecule has 2 atom stereocenters. The van der Waals surface area contributed by atoms with Gasteiger partial charge in [0.05, 0.1) is 26.3 Å². The number of nitrogens with one attached hydrogen (secondary N) is 1. The molecule has 2 amide bonds. The summed E-state index contributed by atoms with van der Waals surface area (Å²) in [6.07, 6.45) is 7.76. The van der Waals surface area contributed by atoms with E-state index in [2.05, 4.69) is 34.5 Å². The van der Waals surface area contributed by atoms with E-state index in [0.717, 1.165) is 32.1 Å². The second kappa shape index (κ2) is 11.5. The van der Waals surface area contributed by atoms with Crippen molar-refractivity contribution >= 4 is 11.8 Å². The summed E-state index contributed by atoms with van der Waals surface area (Å²) in [5.74, 6) is 1.71. The van der Waals surface area contributed by atoms with Crippen molar-refractivity contribution in [1.82, 2.24) is 15.1 Å². The predicted octanol–water partition coefficient (Wildman–Crippen LogP) is 4.21. The number of rotatable bonds is 7. The summed E-state index contributed by atoms with van der Waals surface area (Å²) in [4.78, 5) is 31.3. The second-order valence-electron chi connectivity index (χ2n) is 10.6. The van der Waals surface area contributed by atoms with Gasteiger partial charge >= 0.3 is 0 Å². The molecular weight excluding hydrogens is 466 g/mol. The minimum absolute atomic E-state index is 0.0301. The molecule has 0 spiro atoms. The number of aryl methyl sites for hydroxylation is 1. The highest BCUT2D eigenvalue weighted by molar-refractivity contribution is 5.95. The van der Waals surface area contributed by atoms with Gasteiger partial charge < -0.3 is 19.7 Å². The van der Waals surface area contributed by atoms with Gasteiger partial charge in [-0.15, -0.1) is 0 Å². The predicted molar refractivity (Wildman–Crippen MR) is 143 cm³/mol. The van der Waals surface area contributed by atoms with E-state index in [1.165, 1.54) is 24.0 Å². The molecule has 2 aromatic carbocycles. The standard InChI is InChI=1S/C30H39N3O4/c1-36-24-18-23(19-25(20-24)37-2)30(35)33-16-14-32(15-17-33)28(22-9-3-4-10-22)29(34)31-27-13-7-11-21-8-5-6-12-26(21)27/h5-6,8,12,18-20,22,27-28H,3-4,7,9-11,13-17H2,1-2H3,(H,31,34)/t27-,28+/m1/s1. The Morgan fingerprint density at radius 2 is 1.57 bits per heavy atom. The third kappa shape index (κ3) is 5.61. The smallest absolute Gasteiger partial charge is 0.254 e. The summed E-state index contributed by atoms with van der Waals surface area (Å²) < 4.78 is 10.7. The van der Waals surface area contributed by atoms with Crippen molar-refractivity contribution in [3.05, 3.63) is 59.2 Å². The number of ether oxygens (including phenoxy) is 2. The number of piperazine rings is 1. The Labute approximate surface area is 220 Å². The molecular formula is C30H39N3O4. The first-order chi connectivity index (χ1) is 18.1. The van der Waals surface area contributed by atoms with Crippen molar-refractivity contribution in [3.8, 4) is 11.5 Å². The number of hydrogen-bond acceptors (Lipinski definition) is 5. The van der Waals surface area contributed by atoms with Crippen LogP contribution in [0, 0.1) is 5.92 Å². The zero-order valence-corrected chi connectivity index (χ0v) is 22.1. The maximum absolute atomic E-state index is 13.8. The molecule has 1 saturated heterocycles. The van der Waals surface area contributed by atoms with E-state index in [9.17, 15) is 9.59 Å². The summed E-state index contributed by atoms with van der Waals surface area (Å²) in [6.45, 7) is 2.59. The van der Waals surface area contributed by atoms with E-state index in [-0.39, 0.29) is 23.9 Å². The molecule has 37 heavy (non-hydrogen) atoms. The maximum atomic E-state index is 13.8. The molecule has 0 bridgehead atoms. The fourth-order valence-corrected chi connectivity index (χ4v) is 6.43. The summed E-state index contributed by atoms with van der Waals surface area (Å²) in [7, 11) is 3.17. The molecule has 2 aliphatic carbocycles. The van der Waals surface area contributed by atoms with Gasteiger partial charge in [0.1, 0.15) is 11.5 Å². The minimum Gasteiger partial charge on any atom is -0.497 e. The van der Waals surface area contributed by atoms with Crippen LogP contribution in [0.4, 0.5) is 0 Å². The highest BCUT2D eigenvalue weighted by Crippen LogP contribution is 2.34. The number of benzene rings is 2. The average Bonchev–Trinajstić information content (AvgIpc) is 3.47. The van der Waals surface area contributed by atoms with Gasteiger partial charge in [0.15, 0.2) is 0 Å². The number of methoxy groups -OCH3 is 2. The van der Waals surface area contributed by atoms with Crippen molar-refractivity contribution in [3.63, 3.8) is 0 Å². The second-order valence-corrected chi connectivity index (χ2v) is 10.6. The molecule has 0 radical (unpaired) electrons. The number of carbonyl (C=O) groups excluding carboxylic acids is 2. The van der Waals surface area contributed by atoms with Crippen molar-refractivity contribution in [2.75, 3.05) is 40.4 Å². The Bertz CT molecular complexity index is 1080. The van der Waals surface area contributed by atoms with Gasteiger partial charge in [0.25, 0.3) is 5.91 Å². The molecule has 0 unspecified atom stereocenters. The third-order valence-electron chi connectivity index (χ3n) is 8.39. The molecule has 5 rings (SSSR count). The normalized spacial score (nSPS) is 21.2. The Morgan fingerprint density at radius 3 is 2.24 bits per heavy atom. The first-order valence-corrected chi connectivity index (χ1v) is 13.7. The molecule has 1 saturated carbocycles. The van der Waals surface area contributed by atoms with Crippen molar-refractivity contribution in [2.45, 2.75) is 57.0 Å². The van der Waals surface area contributed by atoms with Crippen LogP contribution < -0.4 is 14.8 Å². The van der Waals surface area contributed by atoms with Crippen LogP contribution in [-0.4, -0.2) is 68.1 Å². The fourth-order valence-electron chi connectivity index (χ4n) is 6.43. The van der Waals surface area contributed by atoms with Gasteiger partial charge in [0, 0.05) is 37.8 Å². The van der Waals surface area contributed by atoms with Crippen molar-refractivity contribution < 1.29 is 19.1 Å². The van der Waals surface area contributed by atoms with Crippen molar-refractivity contribution in [1.29, 1.82) is 0 Å². The zero-order chi connectivity index (χ0) is 25.8. The molecule has 7 nitrogen and oxygen atoms in total. The molecule has 3 aliphatic rings. The van der Waals surface area contributed by atoms with Crippen LogP contribution in [0.2, 0.25) is 0 Å². The fraction of sp³-hybridized carbons (Fsp3) is 0.533. The van der Waals surface area contributed by atoms with Gasteiger partial charge in [-0.3, -0.25) is 14.5 Å². The molecule has 1 N–H and O–H groups in total. The lowest BCUT2D eigenvalue weighted by atomic mass is 9.87. The maximum Gasteiger partial charge on any atom is 0.254 e. The number of amides is 2. The molecule has 1 heterocycles. The lowest BCUT2D eigenvalue weighted by molar-refractivity contribution is -0.130. The van der Waals surface area contributed by atoms with E-state index in [1.54, 1.807) is 32.4 Å². The Hall–Kier alpha value is -3.06.